The minimum absolute atomic E-state index is 0. The Labute approximate surface area is 267 Å². The molecule has 1 aromatic carbocycles. The lowest BCUT2D eigenvalue weighted by molar-refractivity contribution is -0.149. The fourth-order valence-electron chi connectivity index (χ4n) is 8.09. The van der Waals surface area contributed by atoms with Crippen LogP contribution in [0.15, 0.2) is 18.7 Å². The van der Waals surface area contributed by atoms with E-state index in [2.05, 4.69) is 28.0 Å². The summed E-state index contributed by atoms with van der Waals surface area (Å²) in [5.74, 6) is 0.989. The standard InChI is InChI=1S/C31H40ClN7O2.C2H6.CH4/c1-4-25(40)37-16-30(17-37)11-21(12-30)39-20(3)26(27-23(13-33)24(34)10-19(2)28(27)32)29(35-39)38-9-8-36(22-14-41-15-22)18-31(38)6-5-7-31;1-2;/h4,10,13,21-22,33H,1,5-9,11-12,14-18,34H2,2-3H3;1-2H3;1H4. The molecule has 3 aliphatic heterocycles. The second kappa shape index (κ2) is 12.1. The molecule has 240 valence electrons. The van der Waals surface area contributed by atoms with E-state index in [4.69, 9.17) is 32.6 Å². The number of carbonyl (C=O) groups excluding carboxylic acids is 1. The van der Waals surface area contributed by atoms with Crippen molar-refractivity contribution >= 4 is 35.2 Å². The molecule has 10 heteroatoms. The first-order chi connectivity index (χ1) is 20.7. The van der Waals surface area contributed by atoms with Crippen LogP contribution < -0.4 is 10.6 Å². The average molecular weight is 624 g/mol. The average Bonchev–Trinajstić information content (AvgIpc) is 3.23. The van der Waals surface area contributed by atoms with Gasteiger partial charge in [0, 0.05) is 72.4 Å². The molecular formula is C34H50ClN7O2. The molecule has 0 unspecified atom stereocenters. The van der Waals surface area contributed by atoms with Gasteiger partial charge in [-0.05, 0) is 63.7 Å². The van der Waals surface area contributed by atoms with Crippen LogP contribution in [0, 0.1) is 24.7 Å². The molecule has 44 heavy (non-hydrogen) atoms. The Hall–Kier alpha value is -2.88. The van der Waals surface area contributed by atoms with Crippen molar-refractivity contribution < 1.29 is 9.53 Å². The summed E-state index contributed by atoms with van der Waals surface area (Å²) >= 11 is 7.07. The van der Waals surface area contributed by atoms with Gasteiger partial charge in [-0.2, -0.15) is 5.10 Å². The van der Waals surface area contributed by atoms with Crippen LogP contribution in [-0.4, -0.2) is 89.2 Å². The first-order valence-electron chi connectivity index (χ1n) is 15.9. The molecule has 2 aromatic rings. The molecule has 3 N–H and O–H groups in total. The number of anilines is 2. The molecular weight excluding hydrogens is 574 g/mol. The van der Waals surface area contributed by atoms with E-state index in [1.165, 1.54) is 18.7 Å². The minimum atomic E-state index is 0. The van der Waals surface area contributed by atoms with Crippen LogP contribution >= 0.6 is 11.6 Å². The van der Waals surface area contributed by atoms with Gasteiger partial charge in [-0.1, -0.05) is 39.5 Å². The van der Waals surface area contributed by atoms with Crippen molar-refractivity contribution in [3.63, 3.8) is 0 Å². The first kappa shape index (κ1) is 32.5. The van der Waals surface area contributed by atoms with E-state index in [1.54, 1.807) is 0 Å². The summed E-state index contributed by atoms with van der Waals surface area (Å²) in [6.45, 7) is 17.9. The Balaban J connectivity index is 0.00000126. The number of nitrogen functional groups attached to an aromatic ring is 1. The van der Waals surface area contributed by atoms with Gasteiger partial charge in [0.1, 0.15) is 0 Å². The van der Waals surface area contributed by atoms with Crippen LogP contribution in [0.2, 0.25) is 5.02 Å². The van der Waals surface area contributed by atoms with Crippen molar-refractivity contribution in [3.05, 3.63) is 40.6 Å². The third kappa shape index (κ3) is 4.95. The topological polar surface area (TPSA) is 104 Å². The Kier molecular flexibility index (Phi) is 8.97. The number of aryl methyl sites for hydroxylation is 1. The fourth-order valence-corrected chi connectivity index (χ4v) is 8.34. The predicted molar refractivity (Wildman–Crippen MR) is 180 cm³/mol. The number of halogens is 1. The third-order valence-electron chi connectivity index (χ3n) is 10.6. The summed E-state index contributed by atoms with van der Waals surface area (Å²) in [6, 6.07) is 2.64. The maximum Gasteiger partial charge on any atom is 0.245 e. The molecule has 0 bridgehead atoms. The SMILES string of the molecule is C.C=CC(=O)N1CC2(CC(n3nc(N4CCN(C5COC5)CC45CCC5)c(-c4c(Cl)c(C)cc(N)c4C=N)c3C)C2)C1.CC. The number of ether oxygens (including phenoxy) is 1. The van der Waals surface area contributed by atoms with E-state index in [-0.39, 0.29) is 30.3 Å². The summed E-state index contributed by atoms with van der Waals surface area (Å²) in [5.41, 5.74) is 11.7. The highest BCUT2D eigenvalue weighted by atomic mass is 35.5. The molecule has 9 nitrogen and oxygen atoms in total. The lowest BCUT2D eigenvalue weighted by Gasteiger charge is -2.59. The molecule has 2 saturated carbocycles. The Morgan fingerprint density at radius 1 is 1.14 bits per heavy atom. The van der Waals surface area contributed by atoms with Crippen molar-refractivity contribution in [1.82, 2.24) is 19.6 Å². The number of carbonyl (C=O) groups is 1. The summed E-state index contributed by atoms with van der Waals surface area (Å²) in [4.78, 5) is 19.1. The first-order valence-corrected chi connectivity index (χ1v) is 16.3. The number of rotatable bonds is 6. The van der Waals surface area contributed by atoms with Gasteiger partial charge in [0.2, 0.25) is 5.91 Å². The molecule has 0 atom stereocenters. The van der Waals surface area contributed by atoms with Gasteiger partial charge in [-0.25, -0.2) is 0 Å². The van der Waals surface area contributed by atoms with Crippen molar-refractivity contribution in [2.75, 3.05) is 56.6 Å². The van der Waals surface area contributed by atoms with E-state index < -0.39 is 0 Å². The highest BCUT2D eigenvalue weighted by Crippen LogP contribution is 2.56. The van der Waals surface area contributed by atoms with Gasteiger partial charge in [0.15, 0.2) is 5.82 Å². The van der Waals surface area contributed by atoms with Crippen LogP contribution in [0.25, 0.3) is 11.1 Å². The van der Waals surface area contributed by atoms with Crippen molar-refractivity contribution in [2.24, 2.45) is 5.41 Å². The molecule has 5 fully saturated rings. The molecule has 7 rings (SSSR count). The summed E-state index contributed by atoms with van der Waals surface area (Å²) in [5, 5.41) is 14.3. The zero-order chi connectivity index (χ0) is 30.7. The van der Waals surface area contributed by atoms with Gasteiger partial charge < -0.3 is 25.7 Å². The van der Waals surface area contributed by atoms with Crippen molar-refractivity contribution in [2.45, 2.75) is 84.8 Å². The molecule has 1 aromatic heterocycles. The van der Waals surface area contributed by atoms with Gasteiger partial charge in [0.05, 0.1) is 35.9 Å². The molecule has 2 aliphatic carbocycles. The van der Waals surface area contributed by atoms with Crippen LogP contribution in [0.5, 0.6) is 0 Å². The highest BCUT2D eigenvalue weighted by Gasteiger charge is 2.55. The largest absolute Gasteiger partial charge is 0.398 e. The predicted octanol–water partition coefficient (Wildman–Crippen LogP) is 5.86. The highest BCUT2D eigenvalue weighted by molar-refractivity contribution is 6.35. The zero-order valence-electron chi connectivity index (χ0n) is 26.1. The van der Waals surface area contributed by atoms with Gasteiger partial charge >= 0.3 is 0 Å². The molecule has 5 aliphatic rings. The Morgan fingerprint density at radius 3 is 2.36 bits per heavy atom. The number of nitrogens with two attached hydrogens (primary N) is 1. The van der Waals surface area contributed by atoms with Crippen LogP contribution in [0.4, 0.5) is 11.5 Å². The third-order valence-corrected chi connectivity index (χ3v) is 11.1. The molecule has 0 radical (unpaired) electrons. The molecule has 3 saturated heterocycles. The van der Waals surface area contributed by atoms with E-state index in [1.807, 2.05) is 31.7 Å². The van der Waals surface area contributed by atoms with E-state index in [9.17, 15) is 4.79 Å². The number of benzene rings is 1. The van der Waals surface area contributed by atoms with E-state index >= 15 is 0 Å². The summed E-state index contributed by atoms with van der Waals surface area (Å²) in [7, 11) is 0. The number of likely N-dealkylation sites (tertiary alicyclic amines) is 1. The second-order valence-corrected chi connectivity index (χ2v) is 13.5. The molecule has 2 spiro atoms. The number of nitrogens with one attached hydrogen (secondary N) is 1. The second-order valence-electron chi connectivity index (χ2n) is 13.1. The van der Waals surface area contributed by atoms with Crippen LogP contribution in [0.1, 0.15) is 76.2 Å². The van der Waals surface area contributed by atoms with Crippen LogP contribution in [0.3, 0.4) is 0 Å². The van der Waals surface area contributed by atoms with Gasteiger partial charge in [-0.3, -0.25) is 14.4 Å². The molecule has 4 heterocycles. The number of hydrogen-bond acceptors (Lipinski definition) is 7. The molecule has 1 amide bonds. The number of piperazine rings is 1. The lowest BCUT2D eigenvalue weighted by atomic mass is 9.60. The summed E-state index contributed by atoms with van der Waals surface area (Å²) in [6.07, 6.45) is 8.24. The Bertz CT molecular complexity index is 1430. The summed E-state index contributed by atoms with van der Waals surface area (Å²) < 4.78 is 7.75. The number of aromatic nitrogens is 2. The monoisotopic (exact) mass is 623 g/mol. The van der Waals surface area contributed by atoms with E-state index in [0.717, 1.165) is 99.8 Å². The fraction of sp³-hybridized carbons (Fsp3) is 0.618. The van der Waals surface area contributed by atoms with Crippen LogP contribution in [-0.2, 0) is 9.53 Å². The van der Waals surface area contributed by atoms with Gasteiger partial charge in [-0.15, -0.1) is 0 Å². The van der Waals surface area contributed by atoms with Gasteiger partial charge in [0.25, 0.3) is 0 Å². The maximum absolute atomic E-state index is 12.1. The lowest BCUT2D eigenvalue weighted by Crippen LogP contribution is -2.69. The zero-order valence-corrected chi connectivity index (χ0v) is 26.8. The number of hydrogen-bond donors (Lipinski definition) is 2. The maximum atomic E-state index is 12.1. The normalized spacial score (nSPS) is 22.1. The van der Waals surface area contributed by atoms with Crippen molar-refractivity contribution in [3.8, 4) is 11.1 Å². The van der Waals surface area contributed by atoms with Crippen molar-refractivity contribution in [1.29, 1.82) is 5.41 Å². The number of nitrogens with zero attached hydrogens (tertiary/aromatic N) is 5. The quantitative estimate of drug-likeness (QED) is 0.237. The smallest absolute Gasteiger partial charge is 0.245 e. The minimum Gasteiger partial charge on any atom is -0.398 e. The number of amides is 1. The van der Waals surface area contributed by atoms with E-state index in [0.29, 0.717) is 22.3 Å². The Morgan fingerprint density at radius 2 is 1.82 bits per heavy atom.